The van der Waals surface area contributed by atoms with E-state index in [0.29, 0.717) is 29.6 Å². The summed E-state index contributed by atoms with van der Waals surface area (Å²) in [6, 6.07) is 13.3. The smallest absolute Gasteiger partial charge is 0.194 e. The zero-order chi connectivity index (χ0) is 19.6. The van der Waals surface area contributed by atoms with Crippen LogP contribution in [0, 0.1) is 0 Å². The third-order valence-electron chi connectivity index (χ3n) is 4.73. The lowest BCUT2D eigenvalue weighted by atomic mass is 10.1. The number of nitrogens with zero attached hydrogens (tertiary/aromatic N) is 5. The molecule has 2 atom stereocenters. The summed E-state index contributed by atoms with van der Waals surface area (Å²) in [5, 5.41) is 20.8. The van der Waals surface area contributed by atoms with E-state index < -0.39 is 6.23 Å². The summed E-state index contributed by atoms with van der Waals surface area (Å²) in [4.78, 5) is 13.2. The molecule has 1 aliphatic rings. The fraction of sp³-hybridized carbons (Fsp3) is 0.200. The molecule has 3 aromatic heterocycles. The van der Waals surface area contributed by atoms with Gasteiger partial charge in [-0.3, -0.25) is 15.0 Å². The average molecular weight is 389 g/mol. The van der Waals surface area contributed by atoms with E-state index >= 15 is 0 Å². The van der Waals surface area contributed by atoms with E-state index in [2.05, 4.69) is 30.5 Å². The third-order valence-corrected chi connectivity index (χ3v) is 4.73. The predicted molar refractivity (Wildman–Crippen MR) is 103 cm³/mol. The molecule has 5 rings (SSSR count). The minimum Gasteiger partial charge on any atom is -0.488 e. The lowest BCUT2D eigenvalue weighted by molar-refractivity contribution is 0.0996. The van der Waals surface area contributed by atoms with Crippen LogP contribution in [0.1, 0.15) is 35.3 Å². The summed E-state index contributed by atoms with van der Waals surface area (Å²) >= 11 is 0. The van der Waals surface area contributed by atoms with Crippen LogP contribution in [-0.4, -0.2) is 41.4 Å². The first kappa shape index (κ1) is 17.5. The number of aliphatic hydroxyl groups is 1. The molecule has 4 aromatic rings. The summed E-state index contributed by atoms with van der Waals surface area (Å²) in [6.07, 6.45) is 4.75. The molecule has 0 aliphatic carbocycles. The zero-order valence-corrected chi connectivity index (χ0v) is 15.4. The van der Waals surface area contributed by atoms with Gasteiger partial charge < -0.3 is 9.84 Å². The highest BCUT2D eigenvalue weighted by atomic mass is 16.5. The van der Waals surface area contributed by atoms with Gasteiger partial charge in [-0.1, -0.05) is 30.3 Å². The number of ether oxygens (including phenoxy) is 1. The summed E-state index contributed by atoms with van der Waals surface area (Å²) in [5.41, 5.74) is 1.11. The van der Waals surface area contributed by atoms with Crippen molar-refractivity contribution < 1.29 is 9.84 Å². The second-order valence-corrected chi connectivity index (χ2v) is 6.72. The number of aliphatic hydroxyl groups excluding tert-OH is 1. The van der Waals surface area contributed by atoms with Gasteiger partial charge in [0.2, 0.25) is 0 Å². The number of pyridine rings is 1. The molecule has 29 heavy (non-hydrogen) atoms. The lowest BCUT2D eigenvalue weighted by Gasteiger charge is -2.18. The Kier molecular flexibility index (Phi) is 4.51. The molecule has 1 unspecified atom stereocenters. The molecule has 146 valence electrons. The fourth-order valence-electron chi connectivity index (χ4n) is 3.36. The number of imidazole rings is 1. The summed E-state index contributed by atoms with van der Waals surface area (Å²) in [7, 11) is 0. The van der Waals surface area contributed by atoms with Gasteiger partial charge >= 0.3 is 0 Å². The molecule has 0 amide bonds. The van der Waals surface area contributed by atoms with E-state index in [9.17, 15) is 5.11 Å². The first-order valence-electron chi connectivity index (χ1n) is 9.28. The molecule has 0 bridgehead atoms. The Bertz CT molecular complexity index is 1110. The molecule has 0 saturated carbocycles. The van der Waals surface area contributed by atoms with Gasteiger partial charge in [0.15, 0.2) is 23.6 Å². The van der Waals surface area contributed by atoms with E-state index in [1.165, 1.54) is 0 Å². The molecule has 0 saturated heterocycles. The van der Waals surface area contributed by atoms with E-state index in [1.807, 2.05) is 53.2 Å². The van der Waals surface area contributed by atoms with Gasteiger partial charge in [0.1, 0.15) is 24.3 Å². The number of H-pyrrole nitrogens is 1. The number of aromatic amines is 1. The lowest BCUT2D eigenvalue weighted by Crippen LogP contribution is -2.32. The average Bonchev–Trinajstić information content (AvgIpc) is 3.39. The van der Waals surface area contributed by atoms with E-state index in [-0.39, 0.29) is 18.5 Å². The topological polar surface area (TPSA) is 114 Å². The normalized spacial score (nSPS) is 16.4. The molecule has 0 fully saturated rings. The first-order chi connectivity index (χ1) is 14.3. The number of benzene rings is 1. The molecule has 1 aliphatic heterocycles. The SMILES string of the molecule is OC(N[C@@H]1COc2cccnc2-n2ccnc21)c1n[nH]c(Cc2ccccc2)n1. The van der Waals surface area contributed by atoms with Gasteiger partial charge in [-0.15, -0.1) is 0 Å². The monoisotopic (exact) mass is 389 g/mol. The molecule has 0 spiro atoms. The third kappa shape index (κ3) is 3.48. The largest absolute Gasteiger partial charge is 0.488 e. The highest BCUT2D eigenvalue weighted by Gasteiger charge is 2.28. The van der Waals surface area contributed by atoms with Crippen LogP contribution in [0.25, 0.3) is 5.82 Å². The zero-order valence-electron chi connectivity index (χ0n) is 15.4. The van der Waals surface area contributed by atoms with Gasteiger partial charge in [0, 0.05) is 25.0 Å². The molecule has 9 nitrogen and oxygen atoms in total. The van der Waals surface area contributed by atoms with Crippen molar-refractivity contribution in [2.24, 2.45) is 0 Å². The van der Waals surface area contributed by atoms with Gasteiger partial charge in [0.05, 0.1) is 0 Å². The van der Waals surface area contributed by atoms with E-state index in [4.69, 9.17) is 4.74 Å². The Morgan fingerprint density at radius 3 is 2.97 bits per heavy atom. The Labute approximate surface area is 166 Å². The van der Waals surface area contributed by atoms with Gasteiger partial charge in [0.25, 0.3) is 0 Å². The molecular formula is C20H19N7O2. The van der Waals surface area contributed by atoms with Crippen molar-refractivity contribution in [3.8, 4) is 11.6 Å². The molecule has 4 heterocycles. The van der Waals surface area contributed by atoms with Crippen LogP contribution in [0.15, 0.2) is 61.1 Å². The number of aromatic nitrogens is 6. The fourth-order valence-corrected chi connectivity index (χ4v) is 3.36. The summed E-state index contributed by atoms with van der Waals surface area (Å²) < 4.78 is 7.73. The molecule has 9 heteroatoms. The second-order valence-electron chi connectivity index (χ2n) is 6.72. The van der Waals surface area contributed by atoms with E-state index in [1.54, 1.807) is 12.4 Å². The Morgan fingerprint density at radius 1 is 1.17 bits per heavy atom. The molecule has 1 aromatic carbocycles. The highest BCUT2D eigenvalue weighted by molar-refractivity contribution is 5.42. The highest BCUT2D eigenvalue weighted by Crippen LogP contribution is 2.29. The van der Waals surface area contributed by atoms with Crippen LogP contribution in [0.5, 0.6) is 5.75 Å². The van der Waals surface area contributed by atoms with Gasteiger partial charge in [-0.2, -0.15) is 5.10 Å². The van der Waals surface area contributed by atoms with Crippen molar-refractivity contribution in [2.45, 2.75) is 18.7 Å². The Morgan fingerprint density at radius 2 is 2.07 bits per heavy atom. The van der Waals surface area contributed by atoms with Crippen LogP contribution in [0.4, 0.5) is 0 Å². The number of nitrogens with one attached hydrogen (secondary N) is 2. The summed E-state index contributed by atoms with van der Waals surface area (Å²) in [5.74, 6) is 2.98. The second kappa shape index (κ2) is 7.46. The maximum Gasteiger partial charge on any atom is 0.194 e. The molecular weight excluding hydrogens is 370 g/mol. The number of hydrogen-bond donors (Lipinski definition) is 3. The van der Waals surface area contributed by atoms with Crippen molar-refractivity contribution >= 4 is 0 Å². The summed E-state index contributed by atoms with van der Waals surface area (Å²) in [6.45, 7) is 0.286. The van der Waals surface area contributed by atoms with Crippen LogP contribution in [0.2, 0.25) is 0 Å². The molecule has 0 radical (unpaired) electrons. The number of rotatable bonds is 5. The molecule has 3 N–H and O–H groups in total. The van der Waals surface area contributed by atoms with Crippen molar-refractivity contribution in [1.29, 1.82) is 0 Å². The van der Waals surface area contributed by atoms with Crippen molar-refractivity contribution in [1.82, 2.24) is 35.0 Å². The van der Waals surface area contributed by atoms with Gasteiger partial charge in [-0.25, -0.2) is 15.0 Å². The maximum atomic E-state index is 10.7. The minimum atomic E-state index is -1.08. The van der Waals surface area contributed by atoms with Crippen LogP contribution in [0.3, 0.4) is 0 Å². The number of fused-ring (bicyclic) bond motifs is 3. The minimum absolute atomic E-state index is 0.272. The standard InChI is InChI=1S/C20H19N7O2/c28-20(17-24-16(25-26-17)11-13-5-2-1-3-6-13)23-14-12-29-15-7-4-8-21-19(15)27-10-9-22-18(14)27/h1-10,14,20,23,28H,11-12H2,(H,24,25,26)/t14-,20?/m1/s1. The Hall–Kier alpha value is -3.56. The van der Waals surface area contributed by atoms with E-state index in [0.717, 1.165) is 5.56 Å². The first-order valence-corrected chi connectivity index (χ1v) is 9.28. The quantitative estimate of drug-likeness (QED) is 0.445. The number of hydrogen-bond acceptors (Lipinski definition) is 7. The van der Waals surface area contributed by atoms with Crippen molar-refractivity contribution in [3.63, 3.8) is 0 Å². The van der Waals surface area contributed by atoms with Crippen molar-refractivity contribution in [2.75, 3.05) is 6.61 Å². The Balaban J connectivity index is 1.33. The van der Waals surface area contributed by atoms with Crippen LogP contribution >= 0.6 is 0 Å². The van der Waals surface area contributed by atoms with Crippen LogP contribution < -0.4 is 10.1 Å². The van der Waals surface area contributed by atoms with Gasteiger partial charge in [-0.05, 0) is 17.7 Å². The van der Waals surface area contributed by atoms with Crippen LogP contribution in [-0.2, 0) is 6.42 Å². The maximum absolute atomic E-state index is 10.7. The van der Waals surface area contributed by atoms with Crippen molar-refractivity contribution in [3.05, 3.63) is 84.1 Å². The predicted octanol–water partition coefficient (Wildman–Crippen LogP) is 1.69.